The first-order valence-electron chi connectivity index (χ1n) is 8.90. The molecule has 0 saturated carbocycles. The summed E-state index contributed by atoms with van der Waals surface area (Å²) in [5.74, 6) is 1.09. The third kappa shape index (κ3) is 2.26. The molecule has 0 saturated heterocycles. The van der Waals surface area contributed by atoms with Gasteiger partial charge in [-0.05, 0) is 30.7 Å². The lowest BCUT2D eigenvalue weighted by molar-refractivity contribution is 0.0188. The van der Waals surface area contributed by atoms with Crippen LogP contribution in [0.15, 0.2) is 59.6 Å². The Morgan fingerprint density at radius 1 is 1.11 bits per heavy atom. The van der Waals surface area contributed by atoms with Crippen molar-refractivity contribution in [3.05, 3.63) is 76.3 Å². The van der Waals surface area contributed by atoms with Crippen LogP contribution in [0.3, 0.4) is 0 Å². The van der Waals surface area contributed by atoms with Gasteiger partial charge in [-0.3, -0.25) is 0 Å². The van der Waals surface area contributed by atoms with Gasteiger partial charge in [0, 0.05) is 41.0 Å². The molecule has 0 fully saturated rings. The number of rotatable bonds is 2. The summed E-state index contributed by atoms with van der Waals surface area (Å²) >= 11 is 4.17. The van der Waals surface area contributed by atoms with E-state index in [1.54, 1.807) is 24.3 Å². The lowest BCUT2D eigenvalue weighted by atomic mass is 9.74. The predicted molar refractivity (Wildman–Crippen MR) is 106 cm³/mol. The largest absolute Gasteiger partial charge is 0.512 e. The Bertz CT molecular complexity index is 1090. The Kier molecular flexibility index (Phi) is 3.64. The molecule has 1 spiro atoms. The van der Waals surface area contributed by atoms with E-state index >= 15 is 0 Å². The van der Waals surface area contributed by atoms with Crippen molar-refractivity contribution in [3.63, 3.8) is 0 Å². The van der Waals surface area contributed by atoms with E-state index in [1.165, 1.54) is 6.07 Å². The number of carbonyl (C=O) groups is 1. The highest BCUT2D eigenvalue weighted by atomic mass is 32.1. The maximum Gasteiger partial charge on any atom is 0.340 e. The zero-order valence-corrected chi connectivity index (χ0v) is 15.6. The van der Waals surface area contributed by atoms with Gasteiger partial charge < -0.3 is 25.0 Å². The van der Waals surface area contributed by atoms with Crippen LogP contribution in [0, 0.1) is 0 Å². The Morgan fingerprint density at radius 3 is 2.75 bits per heavy atom. The van der Waals surface area contributed by atoms with Gasteiger partial charge in [-0.15, -0.1) is 0 Å². The van der Waals surface area contributed by atoms with E-state index in [9.17, 15) is 15.0 Å². The molecule has 3 N–H and O–H groups in total. The molecular weight excluding hydrogens is 378 g/mol. The Hall–Kier alpha value is -3.06. The highest BCUT2D eigenvalue weighted by Crippen LogP contribution is 2.56. The molecule has 5 rings (SSSR count). The fraction of sp³-hybridized carbons (Fsp3) is 0.190. The van der Waals surface area contributed by atoms with Crippen LogP contribution in [-0.2, 0) is 10.3 Å². The molecule has 2 aromatic carbocycles. The number of esters is 1. The molecule has 28 heavy (non-hydrogen) atoms. The Labute approximate surface area is 166 Å². The van der Waals surface area contributed by atoms with Gasteiger partial charge in [-0.2, -0.15) is 12.6 Å². The van der Waals surface area contributed by atoms with Crippen molar-refractivity contribution >= 4 is 24.3 Å². The van der Waals surface area contributed by atoms with Crippen molar-refractivity contribution in [2.45, 2.75) is 18.4 Å². The number of aliphatic hydroxyl groups is 1. The molecule has 6 nitrogen and oxygen atoms in total. The summed E-state index contributed by atoms with van der Waals surface area (Å²) in [7, 11) is 0. The summed E-state index contributed by atoms with van der Waals surface area (Å²) in [5, 5.41) is 23.0. The number of anilines is 1. The number of benzene rings is 2. The predicted octanol–water partition coefficient (Wildman–Crippen LogP) is 3.99. The monoisotopic (exact) mass is 395 g/mol. The number of carbonyl (C=O) groups excluding carboxylic acids is 1. The molecule has 2 aliphatic heterocycles. The zero-order valence-electron chi connectivity index (χ0n) is 14.7. The summed E-state index contributed by atoms with van der Waals surface area (Å²) < 4.78 is 12.0. The Morgan fingerprint density at radius 2 is 1.93 bits per heavy atom. The van der Waals surface area contributed by atoms with Crippen molar-refractivity contribution in [1.82, 2.24) is 0 Å². The van der Waals surface area contributed by atoms with E-state index in [4.69, 9.17) is 9.47 Å². The number of aliphatic hydroxyl groups excluding tert-OH is 1. The molecule has 0 radical (unpaired) electrons. The van der Waals surface area contributed by atoms with Gasteiger partial charge in [0.05, 0.1) is 17.2 Å². The van der Waals surface area contributed by atoms with E-state index in [0.717, 1.165) is 16.8 Å². The van der Waals surface area contributed by atoms with Gasteiger partial charge in [0.2, 0.25) is 0 Å². The molecule has 1 unspecified atom stereocenters. The molecule has 3 aliphatic rings. The average molecular weight is 395 g/mol. The normalized spacial score (nSPS) is 22.0. The van der Waals surface area contributed by atoms with Crippen molar-refractivity contribution in [3.8, 4) is 11.5 Å². The highest BCUT2D eigenvalue weighted by molar-refractivity contribution is 7.80. The number of aromatic hydroxyl groups is 1. The fourth-order valence-corrected chi connectivity index (χ4v) is 4.37. The van der Waals surface area contributed by atoms with E-state index in [0.29, 0.717) is 41.4 Å². The zero-order chi connectivity index (χ0) is 19.5. The number of allylic oxidation sites excluding steroid dienone is 2. The number of nitrogens with one attached hydrogen (secondary N) is 1. The second-order valence-corrected chi connectivity index (χ2v) is 7.24. The van der Waals surface area contributed by atoms with E-state index in [2.05, 4.69) is 17.9 Å². The van der Waals surface area contributed by atoms with Gasteiger partial charge in [0.25, 0.3) is 0 Å². The number of hydrogen-bond donors (Lipinski definition) is 4. The molecule has 1 atom stereocenters. The quantitative estimate of drug-likeness (QED) is 0.349. The van der Waals surface area contributed by atoms with Gasteiger partial charge in [-0.1, -0.05) is 6.07 Å². The van der Waals surface area contributed by atoms with E-state index in [-0.39, 0.29) is 11.5 Å². The number of hydrogen-bond acceptors (Lipinski definition) is 7. The van der Waals surface area contributed by atoms with Crippen LogP contribution < -0.4 is 10.1 Å². The minimum absolute atomic E-state index is 0.0415. The van der Waals surface area contributed by atoms with Crippen LogP contribution in [0.2, 0.25) is 0 Å². The number of ether oxygens (including phenoxy) is 2. The second kappa shape index (κ2) is 5.97. The first-order valence-corrected chi connectivity index (χ1v) is 9.53. The first-order chi connectivity index (χ1) is 13.5. The van der Waals surface area contributed by atoms with Crippen molar-refractivity contribution < 1.29 is 24.5 Å². The third-order valence-corrected chi connectivity index (χ3v) is 5.52. The number of fused-ring (bicyclic) bond motifs is 5. The van der Waals surface area contributed by atoms with Crippen LogP contribution in [0.25, 0.3) is 0 Å². The van der Waals surface area contributed by atoms with Crippen LogP contribution >= 0.6 is 12.6 Å². The minimum atomic E-state index is -1.14. The maximum absolute atomic E-state index is 12.9. The molecule has 0 bridgehead atoms. The molecule has 142 valence electrons. The molecule has 1 aliphatic carbocycles. The second-order valence-electron chi connectivity index (χ2n) is 6.93. The molecule has 2 heterocycles. The summed E-state index contributed by atoms with van der Waals surface area (Å²) in [6.45, 7) is 0. The molecule has 0 amide bonds. The van der Waals surface area contributed by atoms with Crippen molar-refractivity contribution in [2.24, 2.45) is 0 Å². The van der Waals surface area contributed by atoms with Gasteiger partial charge >= 0.3 is 5.97 Å². The van der Waals surface area contributed by atoms with Crippen LogP contribution in [0.4, 0.5) is 5.69 Å². The minimum Gasteiger partial charge on any atom is -0.512 e. The third-order valence-electron chi connectivity index (χ3n) is 5.36. The first kappa shape index (κ1) is 17.1. The van der Waals surface area contributed by atoms with Crippen LogP contribution in [-0.4, -0.2) is 22.1 Å². The highest BCUT2D eigenvalue weighted by Gasteiger charge is 2.54. The average Bonchev–Trinajstić information content (AvgIpc) is 2.94. The van der Waals surface area contributed by atoms with Gasteiger partial charge in [0.1, 0.15) is 17.3 Å². The van der Waals surface area contributed by atoms with E-state index in [1.807, 2.05) is 12.1 Å². The molecule has 0 aromatic heterocycles. The van der Waals surface area contributed by atoms with Gasteiger partial charge in [-0.25, -0.2) is 4.79 Å². The standard InChI is InChI=1S/C21H17NO5S/c23-12-2-5-16-18(8-12)26-19-9-13(24)3-6-17(19)21(16)15-4-1-11(22-10-28)7-14(15)20(25)27-21/h1-2,4-5,7-9,22-24,28H,3,6,10H2. The smallest absolute Gasteiger partial charge is 0.340 e. The topological polar surface area (TPSA) is 88.0 Å². The molecular formula is C21H17NO5S. The lowest BCUT2D eigenvalue weighted by Crippen LogP contribution is -2.36. The summed E-state index contributed by atoms with van der Waals surface area (Å²) in [6.07, 6.45) is 2.47. The number of phenolic OH excluding ortho intramolecular Hbond substituents is 1. The fourth-order valence-electron chi connectivity index (χ4n) is 4.19. The molecule has 2 aromatic rings. The van der Waals surface area contributed by atoms with E-state index < -0.39 is 11.6 Å². The number of thiol groups is 1. The van der Waals surface area contributed by atoms with Crippen LogP contribution in [0.1, 0.15) is 34.3 Å². The van der Waals surface area contributed by atoms with Gasteiger partial charge in [0.15, 0.2) is 5.60 Å². The Balaban J connectivity index is 1.80. The summed E-state index contributed by atoms with van der Waals surface area (Å²) in [4.78, 5) is 12.9. The number of phenols is 1. The lowest BCUT2D eigenvalue weighted by Gasteiger charge is -2.39. The SMILES string of the molecule is O=C1OC2(C3=C(C=C(O)CC3)Oc3cc(O)ccc32)c2ccc(NCS)cc21. The van der Waals surface area contributed by atoms with Crippen molar-refractivity contribution in [1.29, 1.82) is 0 Å². The summed E-state index contributed by atoms with van der Waals surface area (Å²) in [5.41, 5.74) is 2.26. The maximum atomic E-state index is 12.9. The summed E-state index contributed by atoms with van der Waals surface area (Å²) in [6, 6.07) is 10.3. The van der Waals surface area contributed by atoms with Crippen molar-refractivity contribution in [2.75, 3.05) is 11.2 Å². The van der Waals surface area contributed by atoms with Crippen LogP contribution in [0.5, 0.6) is 11.5 Å². The molecule has 7 heteroatoms.